The molecule has 0 aliphatic carbocycles. The van der Waals surface area contributed by atoms with Crippen molar-refractivity contribution in [2.45, 2.75) is 19.9 Å². The third-order valence-corrected chi connectivity index (χ3v) is 2.86. The molecule has 0 bridgehead atoms. The molecule has 0 aliphatic rings. The third-order valence-electron chi connectivity index (χ3n) is 2.86. The maximum Gasteiger partial charge on any atom is 0.0707 e. The van der Waals surface area contributed by atoms with Crippen LogP contribution in [0.25, 0.3) is 10.9 Å². The molecule has 2 heterocycles. The average molecular weight is 225 g/mol. The Balaban J connectivity index is 2.10. The Bertz CT molecular complexity index is 622. The minimum atomic E-state index is 0.741. The highest BCUT2D eigenvalue weighted by Crippen LogP contribution is 2.19. The van der Waals surface area contributed by atoms with Crippen LogP contribution in [-0.4, -0.2) is 20.0 Å². The quantitative estimate of drug-likeness (QED) is 0.742. The molecule has 0 fully saturated rings. The number of aryl methyl sites for hydroxylation is 1. The van der Waals surface area contributed by atoms with E-state index in [9.17, 15) is 0 Å². The summed E-state index contributed by atoms with van der Waals surface area (Å²) in [7, 11) is 0. The Kier molecular flexibility index (Phi) is 2.40. The summed E-state index contributed by atoms with van der Waals surface area (Å²) in [5.41, 5.74) is 3.36. The number of benzene rings is 1. The maximum atomic E-state index is 4.63. The van der Waals surface area contributed by atoms with Gasteiger partial charge in [-0.3, -0.25) is 9.78 Å². The van der Waals surface area contributed by atoms with Crippen LogP contribution in [-0.2, 0) is 13.0 Å². The molecule has 0 unspecified atom stereocenters. The maximum absolute atomic E-state index is 4.63. The zero-order valence-electron chi connectivity index (χ0n) is 9.64. The lowest BCUT2D eigenvalue weighted by Crippen LogP contribution is -2.01. The Morgan fingerprint density at radius 3 is 3.18 bits per heavy atom. The highest BCUT2D eigenvalue weighted by Gasteiger charge is 2.09. The van der Waals surface area contributed by atoms with E-state index in [2.05, 4.69) is 34.4 Å². The van der Waals surface area contributed by atoms with Crippen molar-refractivity contribution in [2.75, 3.05) is 0 Å². The number of hydrogen-bond acceptors (Lipinski definition) is 2. The number of fused-ring (bicyclic) bond motifs is 1. The minimum Gasteiger partial charge on any atom is -0.285 e. The predicted octanol–water partition coefficient (Wildman–Crippen LogP) is 2.17. The summed E-state index contributed by atoms with van der Waals surface area (Å²) in [6.45, 7) is 2.86. The molecule has 1 aromatic carbocycles. The second-order valence-corrected chi connectivity index (χ2v) is 3.99. The van der Waals surface area contributed by atoms with Crippen molar-refractivity contribution < 1.29 is 0 Å². The van der Waals surface area contributed by atoms with Gasteiger partial charge in [0, 0.05) is 17.1 Å². The summed E-state index contributed by atoms with van der Waals surface area (Å²) in [6, 6.07) is 9.28. The molecule has 0 saturated carbocycles. The molecule has 0 spiro atoms. The van der Waals surface area contributed by atoms with Gasteiger partial charge in [-0.2, -0.15) is 10.2 Å². The highest BCUT2D eigenvalue weighted by atomic mass is 15.3. The van der Waals surface area contributed by atoms with Crippen molar-refractivity contribution >= 4 is 10.9 Å². The van der Waals surface area contributed by atoms with Gasteiger partial charge < -0.3 is 0 Å². The van der Waals surface area contributed by atoms with E-state index >= 15 is 0 Å². The summed E-state index contributed by atoms with van der Waals surface area (Å²) in [5.74, 6) is 0. The molecule has 1 N–H and O–H groups in total. The van der Waals surface area contributed by atoms with Gasteiger partial charge in [-0.1, -0.05) is 19.1 Å². The van der Waals surface area contributed by atoms with Gasteiger partial charge >= 0.3 is 0 Å². The summed E-state index contributed by atoms with van der Waals surface area (Å²) in [6.07, 6.45) is 4.65. The fourth-order valence-electron chi connectivity index (χ4n) is 2.03. The minimum absolute atomic E-state index is 0.741. The first kappa shape index (κ1) is 10.1. The van der Waals surface area contributed by atoms with E-state index in [-0.39, 0.29) is 0 Å². The SMILES string of the molecule is CCc1nn(Cc2cn[nH]c2)c2ccc[c]c12. The van der Waals surface area contributed by atoms with Crippen LogP contribution < -0.4 is 0 Å². The van der Waals surface area contributed by atoms with E-state index < -0.39 is 0 Å². The molecule has 0 aliphatic heterocycles. The van der Waals surface area contributed by atoms with E-state index in [1.165, 1.54) is 0 Å². The predicted molar refractivity (Wildman–Crippen MR) is 65.6 cm³/mol. The van der Waals surface area contributed by atoms with E-state index in [4.69, 9.17) is 0 Å². The molecule has 0 saturated heterocycles. The Morgan fingerprint density at radius 2 is 2.41 bits per heavy atom. The van der Waals surface area contributed by atoms with Gasteiger partial charge in [-0.15, -0.1) is 0 Å². The standard InChI is InChI=1S/C13H13N4/c1-2-12-11-5-3-4-6-13(11)17(16-12)9-10-7-14-15-8-10/h3-4,6-8H,2,9H2,1H3,(H,14,15). The number of aromatic nitrogens is 4. The molecular weight excluding hydrogens is 212 g/mol. The van der Waals surface area contributed by atoms with E-state index in [0.717, 1.165) is 35.1 Å². The number of H-pyrrole nitrogens is 1. The van der Waals surface area contributed by atoms with Crippen LogP contribution in [0.1, 0.15) is 18.2 Å². The van der Waals surface area contributed by atoms with Gasteiger partial charge in [0.15, 0.2) is 0 Å². The topological polar surface area (TPSA) is 46.5 Å². The van der Waals surface area contributed by atoms with Crippen LogP contribution in [0.2, 0.25) is 0 Å². The van der Waals surface area contributed by atoms with E-state index in [1.807, 2.05) is 29.2 Å². The van der Waals surface area contributed by atoms with E-state index in [0.29, 0.717) is 0 Å². The molecule has 3 rings (SSSR count). The first-order valence-corrected chi connectivity index (χ1v) is 5.72. The van der Waals surface area contributed by atoms with Gasteiger partial charge in [0.05, 0.1) is 24.0 Å². The van der Waals surface area contributed by atoms with Gasteiger partial charge in [-0.05, 0) is 18.6 Å². The average Bonchev–Trinajstić information content (AvgIpc) is 2.98. The Hall–Kier alpha value is -2.10. The van der Waals surface area contributed by atoms with Gasteiger partial charge in [0.25, 0.3) is 0 Å². The molecule has 2 aromatic heterocycles. The fourth-order valence-corrected chi connectivity index (χ4v) is 2.03. The molecule has 4 nitrogen and oxygen atoms in total. The zero-order chi connectivity index (χ0) is 11.7. The lowest BCUT2D eigenvalue weighted by atomic mass is 10.2. The fraction of sp³-hybridized carbons (Fsp3) is 0.231. The molecule has 4 heteroatoms. The van der Waals surface area contributed by atoms with Crippen molar-refractivity contribution in [2.24, 2.45) is 0 Å². The smallest absolute Gasteiger partial charge is 0.0707 e. The number of rotatable bonds is 3. The molecule has 3 aromatic rings. The molecule has 0 amide bonds. The highest BCUT2D eigenvalue weighted by molar-refractivity contribution is 5.81. The van der Waals surface area contributed by atoms with E-state index in [1.54, 1.807) is 0 Å². The van der Waals surface area contributed by atoms with Crippen LogP contribution in [0.15, 0.2) is 30.6 Å². The van der Waals surface area contributed by atoms with Crippen LogP contribution in [0.3, 0.4) is 0 Å². The third kappa shape index (κ3) is 1.71. The Labute approximate surface area is 99.3 Å². The molecule has 0 atom stereocenters. The summed E-state index contributed by atoms with van der Waals surface area (Å²) in [5, 5.41) is 12.5. The molecule has 85 valence electrons. The summed E-state index contributed by atoms with van der Waals surface area (Å²) >= 11 is 0. The first-order chi connectivity index (χ1) is 8.38. The van der Waals surface area contributed by atoms with Gasteiger partial charge in [0.1, 0.15) is 0 Å². The zero-order valence-corrected chi connectivity index (χ0v) is 9.64. The summed E-state index contributed by atoms with van der Waals surface area (Å²) < 4.78 is 2.01. The first-order valence-electron chi connectivity index (χ1n) is 5.72. The van der Waals surface area contributed by atoms with Gasteiger partial charge in [-0.25, -0.2) is 0 Å². The Morgan fingerprint density at radius 1 is 1.47 bits per heavy atom. The van der Waals surface area contributed by atoms with Crippen molar-refractivity contribution in [1.29, 1.82) is 0 Å². The van der Waals surface area contributed by atoms with Crippen LogP contribution in [0.5, 0.6) is 0 Å². The lowest BCUT2D eigenvalue weighted by molar-refractivity contribution is 0.696. The monoisotopic (exact) mass is 225 g/mol. The van der Waals surface area contributed by atoms with Crippen LogP contribution >= 0.6 is 0 Å². The van der Waals surface area contributed by atoms with Crippen molar-refractivity contribution in [3.63, 3.8) is 0 Å². The van der Waals surface area contributed by atoms with Crippen LogP contribution in [0, 0.1) is 6.07 Å². The largest absolute Gasteiger partial charge is 0.285 e. The molecular formula is C13H13N4. The van der Waals surface area contributed by atoms with Crippen molar-refractivity contribution in [1.82, 2.24) is 20.0 Å². The van der Waals surface area contributed by atoms with Crippen molar-refractivity contribution in [3.8, 4) is 0 Å². The number of hydrogen-bond donors (Lipinski definition) is 1. The second kappa shape index (κ2) is 4.05. The normalized spacial score (nSPS) is 11.1. The van der Waals surface area contributed by atoms with Gasteiger partial charge in [0.2, 0.25) is 0 Å². The number of nitrogens with one attached hydrogen (secondary N) is 1. The number of aromatic amines is 1. The second-order valence-electron chi connectivity index (χ2n) is 3.99. The molecule has 17 heavy (non-hydrogen) atoms. The summed E-state index contributed by atoms with van der Waals surface area (Å²) in [4.78, 5) is 0. The van der Waals surface area contributed by atoms with Crippen molar-refractivity contribution in [3.05, 3.63) is 47.9 Å². The molecule has 1 radical (unpaired) electrons. The number of nitrogens with zero attached hydrogens (tertiary/aromatic N) is 3. The van der Waals surface area contributed by atoms with Crippen LogP contribution in [0.4, 0.5) is 0 Å². The lowest BCUT2D eigenvalue weighted by Gasteiger charge is -1.99.